The van der Waals surface area contributed by atoms with Crippen molar-refractivity contribution in [3.63, 3.8) is 0 Å². The Morgan fingerprint density at radius 1 is 1.50 bits per heavy atom. The molecule has 0 fully saturated rings. The molecule has 18 heavy (non-hydrogen) atoms. The Balaban J connectivity index is 2.77. The molecule has 0 aliphatic rings. The van der Waals surface area contributed by atoms with Gasteiger partial charge in [-0.3, -0.25) is 4.79 Å². The van der Waals surface area contributed by atoms with Crippen LogP contribution in [0.1, 0.15) is 30.6 Å². The topological polar surface area (TPSA) is 75.3 Å². The number of nitrogens with one attached hydrogen (secondary N) is 1. The third kappa shape index (κ3) is 4.31. The average molecular weight is 315 g/mol. The highest BCUT2D eigenvalue weighted by atomic mass is 79.9. The third-order valence-electron chi connectivity index (χ3n) is 2.57. The van der Waals surface area contributed by atoms with Gasteiger partial charge in [0, 0.05) is 10.2 Å². The molecule has 1 amide bonds. The number of carbonyl (C=O) groups excluding carboxylic acids is 1. The number of hydrogen-bond donors (Lipinski definition) is 3. The van der Waals surface area contributed by atoms with Gasteiger partial charge in [-0.05, 0) is 30.5 Å². The minimum Gasteiger partial charge on any atom is -0.398 e. The first kappa shape index (κ1) is 15.0. The number of aliphatic hydroxyl groups is 1. The Hall–Kier alpha value is -1.07. The monoisotopic (exact) mass is 314 g/mol. The molecule has 1 atom stereocenters. The van der Waals surface area contributed by atoms with Gasteiger partial charge >= 0.3 is 0 Å². The number of benzene rings is 1. The van der Waals surface area contributed by atoms with Crippen LogP contribution >= 0.6 is 15.9 Å². The third-order valence-corrected chi connectivity index (χ3v) is 3.06. The maximum atomic E-state index is 12.0. The Bertz CT molecular complexity index is 421. The van der Waals surface area contributed by atoms with Gasteiger partial charge in [-0.25, -0.2) is 0 Å². The van der Waals surface area contributed by atoms with Crippen LogP contribution in [0.2, 0.25) is 0 Å². The van der Waals surface area contributed by atoms with Gasteiger partial charge < -0.3 is 16.2 Å². The van der Waals surface area contributed by atoms with Crippen molar-refractivity contribution < 1.29 is 9.90 Å². The Morgan fingerprint density at radius 2 is 2.17 bits per heavy atom. The van der Waals surface area contributed by atoms with Crippen molar-refractivity contribution in [2.45, 2.75) is 26.3 Å². The van der Waals surface area contributed by atoms with Gasteiger partial charge in [0.25, 0.3) is 5.91 Å². The Kier molecular flexibility index (Phi) is 5.62. The van der Waals surface area contributed by atoms with Gasteiger partial charge in [0.15, 0.2) is 0 Å². The van der Waals surface area contributed by atoms with Crippen molar-refractivity contribution in [1.82, 2.24) is 5.32 Å². The second-order valence-electron chi connectivity index (χ2n) is 4.71. The maximum absolute atomic E-state index is 12.0. The second kappa shape index (κ2) is 6.75. The van der Waals surface area contributed by atoms with Gasteiger partial charge in [0.05, 0.1) is 18.2 Å². The first-order valence-corrected chi connectivity index (χ1v) is 6.70. The lowest BCUT2D eigenvalue weighted by atomic mass is 10.0. The molecular weight excluding hydrogens is 296 g/mol. The zero-order valence-corrected chi connectivity index (χ0v) is 12.2. The number of carbonyl (C=O) groups is 1. The van der Waals surface area contributed by atoms with E-state index in [0.717, 1.165) is 10.9 Å². The molecule has 0 aromatic heterocycles. The minimum atomic E-state index is -0.256. The molecule has 0 radical (unpaired) electrons. The summed E-state index contributed by atoms with van der Waals surface area (Å²) >= 11 is 3.30. The molecule has 1 unspecified atom stereocenters. The van der Waals surface area contributed by atoms with E-state index in [-0.39, 0.29) is 18.6 Å². The van der Waals surface area contributed by atoms with Crippen LogP contribution in [0.4, 0.5) is 5.69 Å². The molecule has 0 aliphatic heterocycles. The quantitative estimate of drug-likeness (QED) is 0.729. The second-order valence-corrected chi connectivity index (χ2v) is 5.63. The zero-order valence-electron chi connectivity index (χ0n) is 10.6. The maximum Gasteiger partial charge on any atom is 0.253 e. The van der Waals surface area contributed by atoms with Crippen molar-refractivity contribution in [2.75, 3.05) is 12.3 Å². The van der Waals surface area contributed by atoms with E-state index in [1.807, 2.05) is 13.8 Å². The zero-order chi connectivity index (χ0) is 13.7. The molecular formula is C13H19BrN2O2. The summed E-state index contributed by atoms with van der Waals surface area (Å²) in [6.45, 7) is 4.02. The molecule has 4 N–H and O–H groups in total. The standard InChI is InChI=1S/C13H19BrN2O2/c1-8(2)5-10(7-17)16-13(18)11-6-9(14)3-4-12(11)15/h3-4,6,8,10,17H,5,7,15H2,1-2H3,(H,16,18). The normalized spacial score (nSPS) is 12.5. The molecule has 1 aromatic rings. The van der Waals surface area contributed by atoms with Crippen LogP contribution in [0.15, 0.2) is 22.7 Å². The van der Waals surface area contributed by atoms with Crippen LogP contribution < -0.4 is 11.1 Å². The molecule has 0 heterocycles. The number of anilines is 1. The Morgan fingerprint density at radius 3 is 2.72 bits per heavy atom. The predicted octanol–water partition coefficient (Wildman–Crippen LogP) is 2.17. The first-order valence-electron chi connectivity index (χ1n) is 5.90. The summed E-state index contributed by atoms with van der Waals surface area (Å²) < 4.78 is 0.797. The number of nitrogens with two attached hydrogens (primary N) is 1. The number of rotatable bonds is 5. The summed E-state index contributed by atoms with van der Waals surface area (Å²) in [4.78, 5) is 12.0. The summed E-state index contributed by atoms with van der Waals surface area (Å²) in [5.41, 5.74) is 6.62. The van der Waals surface area contributed by atoms with E-state index in [0.29, 0.717) is 17.2 Å². The van der Waals surface area contributed by atoms with Gasteiger partial charge in [-0.2, -0.15) is 0 Å². The summed E-state index contributed by atoms with van der Waals surface area (Å²) in [7, 11) is 0. The number of hydrogen-bond acceptors (Lipinski definition) is 3. The van der Waals surface area contributed by atoms with Crippen LogP contribution in [-0.2, 0) is 0 Å². The van der Waals surface area contributed by atoms with E-state index in [9.17, 15) is 9.90 Å². The summed E-state index contributed by atoms with van der Waals surface area (Å²) in [6, 6.07) is 4.89. The number of halogens is 1. The lowest BCUT2D eigenvalue weighted by Crippen LogP contribution is -2.38. The van der Waals surface area contributed by atoms with Gasteiger partial charge in [0.1, 0.15) is 0 Å². The van der Waals surface area contributed by atoms with E-state index in [1.165, 1.54) is 0 Å². The largest absolute Gasteiger partial charge is 0.398 e. The minimum absolute atomic E-state index is 0.0716. The van der Waals surface area contributed by atoms with Crippen LogP contribution in [-0.4, -0.2) is 23.7 Å². The van der Waals surface area contributed by atoms with Crippen LogP contribution in [0, 0.1) is 5.92 Å². The summed E-state index contributed by atoms with van der Waals surface area (Å²) in [6.07, 6.45) is 0.732. The van der Waals surface area contributed by atoms with Crippen molar-refractivity contribution in [1.29, 1.82) is 0 Å². The predicted molar refractivity (Wildman–Crippen MR) is 76.3 cm³/mol. The molecule has 0 bridgehead atoms. The van der Waals surface area contributed by atoms with Crippen molar-refractivity contribution in [3.8, 4) is 0 Å². The Labute approximate surface area is 116 Å². The van der Waals surface area contributed by atoms with Gasteiger partial charge in [-0.15, -0.1) is 0 Å². The molecule has 5 heteroatoms. The summed E-state index contributed by atoms with van der Waals surface area (Å²) in [5.74, 6) is 0.149. The highest BCUT2D eigenvalue weighted by Gasteiger charge is 2.16. The molecule has 4 nitrogen and oxygen atoms in total. The molecule has 0 saturated carbocycles. The molecule has 100 valence electrons. The SMILES string of the molecule is CC(C)CC(CO)NC(=O)c1cc(Br)ccc1N. The summed E-state index contributed by atoms with van der Waals surface area (Å²) in [5, 5.41) is 12.0. The van der Waals surface area contributed by atoms with Crippen molar-refractivity contribution >= 4 is 27.5 Å². The number of amides is 1. The van der Waals surface area contributed by atoms with E-state index >= 15 is 0 Å². The lowest BCUT2D eigenvalue weighted by molar-refractivity contribution is 0.0909. The molecule has 1 rings (SSSR count). The number of aliphatic hydroxyl groups excluding tert-OH is 1. The van der Waals surface area contributed by atoms with Crippen LogP contribution in [0.5, 0.6) is 0 Å². The van der Waals surface area contributed by atoms with Crippen molar-refractivity contribution in [3.05, 3.63) is 28.2 Å². The molecule has 1 aromatic carbocycles. The van der Waals surface area contributed by atoms with E-state index in [4.69, 9.17) is 5.73 Å². The van der Waals surface area contributed by atoms with Gasteiger partial charge in [-0.1, -0.05) is 29.8 Å². The smallest absolute Gasteiger partial charge is 0.253 e. The fourth-order valence-electron chi connectivity index (χ4n) is 1.74. The average Bonchev–Trinajstić information content (AvgIpc) is 2.30. The fourth-order valence-corrected chi connectivity index (χ4v) is 2.10. The molecule has 0 spiro atoms. The van der Waals surface area contributed by atoms with E-state index in [1.54, 1.807) is 18.2 Å². The van der Waals surface area contributed by atoms with Crippen LogP contribution in [0.25, 0.3) is 0 Å². The highest BCUT2D eigenvalue weighted by Crippen LogP contribution is 2.18. The van der Waals surface area contributed by atoms with E-state index < -0.39 is 0 Å². The molecule has 0 saturated heterocycles. The first-order chi connectivity index (χ1) is 8.43. The lowest BCUT2D eigenvalue weighted by Gasteiger charge is -2.18. The van der Waals surface area contributed by atoms with E-state index in [2.05, 4.69) is 21.2 Å². The number of nitrogen functional groups attached to an aromatic ring is 1. The highest BCUT2D eigenvalue weighted by molar-refractivity contribution is 9.10. The fraction of sp³-hybridized carbons (Fsp3) is 0.462. The van der Waals surface area contributed by atoms with Gasteiger partial charge in [0.2, 0.25) is 0 Å². The molecule has 0 aliphatic carbocycles. The van der Waals surface area contributed by atoms with Crippen molar-refractivity contribution in [2.24, 2.45) is 5.92 Å². The van der Waals surface area contributed by atoms with Crippen LogP contribution in [0.3, 0.4) is 0 Å².